The zero-order valence-corrected chi connectivity index (χ0v) is 20.2. The monoisotopic (exact) mass is 506 g/mol. The van der Waals surface area contributed by atoms with Gasteiger partial charge in [-0.25, -0.2) is 4.99 Å². The standard InChI is InChI=1S/C20H34N4OS.HI/c1-5-21-20(22-15-16-10-12-18(13-11-16)24(3)4)23-17-8-7-9-19(14-17)26(25)6-2;/h10-13,17,19H,5-9,14-15H2,1-4H3,(H2,21,22,23);1H. The van der Waals surface area contributed by atoms with Crippen LogP contribution in [0.25, 0.3) is 0 Å². The lowest BCUT2D eigenvalue weighted by molar-refractivity contribution is 0.413. The molecule has 27 heavy (non-hydrogen) atoms. The van der Waals surface area contributed by atoms with Crippen LogP contribution in [0.5, 0.6) is 0 Å². The maximum atomic E-state index is 12.1. The van der Waals surface area contributed by atoms with E-state index in [-0.39, 0.29) is 24.0 Å². The SMILES string of the molecule is CCNC(=NCc1ccc(N(C)C)cc1)NC1CCCC(S(=O)CC)C1.I. The van der Waals surface area contributed by atoms with Crippen LogP contribution < -0.4 is 15.5 Å². The molecule has 0 bridgehead atoms. The van der Waals surface area contributed by atoms with E-state index in [1.165, 1.54) is 11.3 Å². The van der Waals surface area contributed by atoms with Gasteiger partial charge in [0.25, 0.3) is 0 Å². The highest BCUT2D eigenvalue weighted by Crippen LogP contribution is 2.23. The number of guanidine groups is 1. The lowest BCUT2D eigenvalue weighted by Crippen LogP contribution is -2.46. The van der Waals surface area contributed by atoms with Crippen molar-refractivity contribution in [1.82, 2.24) is 10.6 Å². The van der Waals surface area contributed by atoms with Crippen molar-refractivity contribution >= 4 is 46.4 Å². The van der Waals surface area contributed by atoms with Gasteiger partial charge in [0.05, 0.1) is 6.54 Å². The number of nitrogens with zero attached hydrogens (tertiary/aromatic N) is 2. The molecule has 7 heteroatoms. The Kier molecular flexibility index (Phi) is 11.3. The van der Waals surface area contributed by atoms with Crippen molar-refractivity contribution in [3.05, 3.63) is 29.8 Å². The Morgan fingerprint density at radius 3 is 2.52 bits per heavy atom. The molecule has 154 valence electrons. The number of hydrogen-bond donors (Lipinski definition) is 2. The first-order valence-corrected chi connectivity index (χ1v) is 11.1. The van der Waals surface area contributed by atoms with Crippen molar-refractivity contribution in [1.29, 1.82) is 0 Å². The summed E-state index contributed by atoms with van der Waals surface area (Å²) in [6.07, 6.45) is 4.33. The topological polar surface area (TPSA) is 56.7 Å². The molecule has 0 aliphatic heterocycles. The summed E-state index contributed by atoms with van der Waals surface area (Å²) in [5.74, 6) is 1.62. The highest BCUT2D eigenvalue weighted by Gasteiger charge is 2.25. The summed E-state index contributed by atoms with van der Waals surface area (Å²) in [6, 6.07) is 8.86. The van der Waals surface area contributed by atoms with Gasteiger partial charge >= 0.3 is 0 Å². The summed E-state index contributed by atoms with van der Waals surface area (Å²) in [6.45, 7) is 5.58. The van der Waals surface area contributed by atoms with Gasteiger partial charge in [0.2, 0.25) is 0 Å². The fourth-order valence-electron chi connectivity index (χ4n) is 3.33. The van der Waals surface area contributed by atoms with Crippen LogP contribution >= 0.6 is 24.0 Å². The highest BCUT2D eigenvalue weighted by atomic mass is 127. The van der Waals surface area contributed by atoms with Gasteiger partial charge in [-0.2, -0.15) is 0 Å². The van der Waals surface area contributed by atoms with E-state index in [1.54, 1.807) is 0 Å². The number of halogens is 1. The van der Waals surface area contributed by atoms with E-state index >= 15 is 0 Å². The summed E-state index contributed by atoms with van der Waals surface area (Å²) in [5, 5.41) is 7.23. The van der Waals surface area contributed by atoms with E-state index < -0.39 is 10.8 Å². The van der Waals surface area contributed by atoms with Crippen LogP contribution in [0.2, 0.25) is 0 Å². The Balaban J connectivity index is 0.00000364. The lowest BCUT2D eigenvalue weighted by Gasteiger charge is -2.30. The molecule has 0 heterocycles. The Bertz CT molecular complexity index is 607. The second-order valence-electron chi connectivity index (χ2n) is 7.06. The molecule has 2 rings (SSSR count). The summed E-state index contributed by atoms with van der Waals surface area (Å²) < 4.78 is 12.1. The Labute approximate surface area is 184 Å². The van der Waals surface area contributed by atoms with Gasteiger partial charge in [0.15, 0.2) is 5.96 Å². The molecule has 0 spiro atoms. The number of aliphatic imine (C=N–C) groups is 1. The van der Waals surface area contributed by atoms with E-state index in [2.05, 4.69) is 46.7 Å². The van der Waals surface area contributed by atoms with Crippen LogP contribution in [0.3, 0.4) is 0 Å². The molecule has 2 N–H and O–H groups in total. The molecule has 1 aromatic carbocycles. The Morgan fingerprint density at radius 2 is 1.93 bits per heavy atom. The first kappa shape index (κ1) is 24.2. The van der Waals surface area contributed by atoms with Crippen molar-refractivity contribution < 1.29 is 4.21 Å². The molecule has 1 aliphatic carbocycles. The third kappa shape index (κ3) is 7.97. The zero-order chi connectivity index (χ0) is 18.9. The van der Waals surface area contributed by atoms with Gasteiger partial charge in [-0.3, -0.25) is 4.21 Å². The second kappa shape index (κ2) is 12.6. The van der Waals surface area contributed by atoms with Crippen molar-refractivity contribution in [2.24, 2.45) is 4.99 Å². The number of hydrogen-bond acceptors (Lipinski definition) is 3. The van der Waals surface area contributed by atoms with Crippen LogP contribution in [0.1, 0.15) is 45.1 Å². The van der Waals surface area contributed by atoms with Crippen molar-refractivity contribution in [2.75, 3.05) is 31.3 Å². The van der Waals surface area contributed by atoms with Crippen LogP contribution in [0.15, 0.2) is 29.3 Å². The third-order valence-electron chi connectivity index (χ3n) is 4.84. The van der Waals surface area contributed by atoms with Crippen molar-refractivity contribution in [3.63, 3.8) is 0 Å². The minimum Gasteiger partial charge on any atom is -0.378 e. The minimum absolute atomic E-state index is 0. The molecule has 0 amide bonds. The molecular formula is C20H35IN4OS. The van der Waals surface area contributed by atoms with E-state index in [0.717, 1.165) is 43.9 Å². The first-order valence-electron chi connectivity index (χ1n) is 9.71. The second-order valence-corrected chi connectivity index (χ2v) is 9.06. The van der Waals surface area contributed by atoms with Crippen molar-refractivity contribution in [2.45, 2.75) is 57.4 Å². The molecule has 1 aliphatic rings. The molecule has 1 aromatic rings. The average Bonchev–Trinajstić information content (AvgIpc) is 2.66. The number of anilines is 1. The highest BCUT2D eigenvalue weighted by molar-refractivity contribution is 14.0. The van der Waals surface area contributed by atoms with E-state index in [9.17, 15) is 4.21 Å². The molecule has 3 atom stereocenters. The van der Waals surface area contributed by atoms with E-state index in [4.69, 9.17) is 4.99 Å². The first-order chi connectivity index (χ1) is 12.5. The minimum atomic E-state index is -0.697. The van der Waals surface area contributed by atoms with Crippen LogP contribution in [-0.2, 0) is 17.3 Å². The van der Waals surface area contributed by atoms with E-state index in [0.29, 0.717) is 17.8 Å². The quantitative estimate of drug-likeness (QED) is 0.338. The predicted octanol–water partition coefficient (Wildman–Crippen LogP) is 3.51. The van der Waals surface area contributed by atoms with Crippen LogP contribution in [0, 0.1) is 0 Å². The number of rotatable bonds is 7. The van der Waals surface area contributed by atoms with Gasteiger partial charge in [0, 0.05) is 54.2 Å². The summed E-state index contributed by atoms with van der Waals surface area (Å²) in [4.78, 5) is 6.84. The van der Waals surface area contributed by atoms with Crippen LogP contribution in [-0.4, -0.2) is 47.9 Å². The average molecular weight is 506 g/mol. The largest absolute Gasteiger partial charge is 0.378 e. The molecule has 1 fully saturated rings. The maximum Gasteiger partial charge on any atom is 0.191 e. The molecular weight excluding hydrogens is 471 g/mol. The van der Waals surface area contributed by atoms with Gasteiger partial charge in [-0.1, -0.05) is 25.5 Å². The predicted molar refractivity (Wildman–Crippen MR) is 129 cm³/mol. The molecule has 5 nitrogen and oxygen atoms in total. The fraction of sp³-hybridized carbons (Fsp3) is 0.650. The summed E-state index contributed by atoms with van der Waals surface area (Å²) >= 11 is 0. The smallest absolute Gasteiger partial charge is 0.191 e. The number of nitrogens with one attached hydrogen (secondary N) is 2. The number of benzene rings is 1. The Morgan fingerprint density at radius 1 is 1.22 bits per heavy atom. The summed E-state index contributed by atoms with van der Waals surface area (Å²) in [5.41, 5.74) is 2.39. The van der Waals surface area contributed by atoms with E-state index in [1.807, 2.05) is 21.0 Å². The van der Waals surface area contributed by atoms with Crippen molar-refractivity contribution in [3.8, 4) is 0 Å². The van der Waals surface area contributed by atoms with Gasteiger partial charge in [-0.05, 0) is 43.9 Å². The van der Waals surface area contributed by atoms with Gasteiger partial charge < -0.3 is 15.5 Å². The molecule has 3 unspecified atom stereocenters. The Hall–Kier alpha value is -0.830. The maximum absolute atomic E-state index is 12.1. The molecule has 0 saturated heterocycles. The van der Waals surface area contributed by atoms with Crippen LogP contribution in [0.4, 0.5) is 5.69 Å². The lowest BCUT2D eigenvalue weighted by atomic mass is 9.95. The molecule has 0 aromatic heterocycles. The zero-order valence-electron chi connectivity index (χ0n) is 17.0. The third-order valence-corrected chi connectivity index (χ3v) is 6.58. The summed E-state index contributed by atoms with van der Waals surface area (Å²) in [7, 11) is 3.39. The molecule has 1 saturated carbocycles. The normalized spacial score (nSPS) is 21.1. The fourth-order valence-corrected chi connectivity index (χ4v) is 4.68. The van der Waals surface area contributed by atoms with Gasteiger partial charge in [0.1, 0.15) is 0 Å². The molecule has 0 radical (unpaired) electrons. The van der Waals surface area contributed by atoms with Gasteiger partial charge in [-0.15, -0.1) is 24.0 Å².